The van der Waals surface area contributed by atoms with E-state index in [0.29, 0.717) is 28.6 Å². The largest absolute Gasteiger partial charge is 0.496 e. The summed E-state index contributed by atoms with van der Waals surface area (Å²) in [6, 6.07) is 9.11. The number of hydrogen-bond acceptors (Lipinski definition) is 5. The first-order valence-corrected chi connectivity index (χ1v) is 10.1. The van der Waals surface area contributed by atoms with Gasteiger partial charge in [-0.1, -0.05) is 23.7 Å². The maximum absolute atomic E-state index is 13.0. The minimum absolute atomic E-state index is 0.0434. The van der Waals surface area contributed by atoms with Gasteiger partial charge in [-0.25, -0.2) is 0 Å². The maximum Gasteiger partial charge on any atom is 0.259 e. The number of methoxy groups -OCH3 is 1. The number of aliphatic hydroxyl groups excluding tert-OH is 1. The summed E-state index contributed by atoms with van der Waals surface area (Å²) in [7, 11) is 1.51. The topological polar surface area (TPSA) is 71.0 Å². The average molecular weight is 419 g/mol. The van der Waals surface area contributed by atoms with Gasteiger partial charge < -0.3 is 19.9 Å². The van der Waals surface area contributed by atoms with Crippen LogP contribution < -0.4 is 14.8 Å². The molecule has 0 atom stereocenters. The van der Waals surface area contributed by atoms with E-state index in [9.17, 15) is 9.90 Å². The Morgan fingerprint density at radius 2 is 2.10 bits per heavy atom. The van der Waals surface area contributed by atoms with E-state index >= 15 is 0 Å². The number of amides is 1. The van der Waals surface area contributed by atoms with Crippen molar-refractivity contribution in [1.82, 2.24) is 4.90 Å². The molecule has 0 aliphatic carbocycles. The van der Waals surface area contributed by atoms with Gasteiger partial charge in [-0.15, -0.1) is 0 Å². The van der Waals surface area contributed by atoms with E-state index in [1.165, 1.54) is 7.11 Å². The summed E-state index contributed by atoms with van der Waals surface area (Å²) in [4.78, 5) is 15.2. The number of aliphatic hydroxyl groups is 1. The lowest BCUT2D eigenvalue weighted by molar-refractivity contribution is 0.102. The molecule has 1 amide bonds. The van der Waals surface area contributed by atoms with Crippen LogP contribution in [0, 0.1) is 0 Å². The van der Waals surface area contributed by atoms with Crippen LogP contribution in [0.15, 0.2) is 30.3 Å². The molecule has 1 heterocycles. The molecular weight excluding hydrogens is 392 g/mol. The van der Waals surface area contributed by atoms with Gasteiger partial charge >= 0.3 is 0 Å². The van der Waals surface area contributed by atoms with Gasteiger partial charge in [0.25, 0.3) is 5.91 Å². The predicted molar refractivity (Wildman–Crippen MR) is 114 cm³/mol. The standard InChI is InChI=1S/C22H27ClN2O4/c1-14(2)29-21-12-20(28-3)17(11-18(21)23)22(27)24-19-6-4-5-15-13-25(9-10-26)8-7-16(15)19/h4-6,11-12,14,26H,7-10,13H2,1-3H3,(H,24,27). The van der Waals surface area contributed by atoms with Crippen molar-refractivity contribution in [3.8, 4) is 11.5 Å². The summed E-state index contributed by atoms with van der Waals surface area (Å²) in [5.41, 5.74) is 3.42. The van der Waals surface area contributed by atoms with Gasteiger partial charge in [0.05, 0.1) is 30.4 Å². The Morgan fingerprint density at radius 3 is 2.79 bits per heavy atom. The molecule has 0 saturated heterocycles. The van der Waals surface area contributed by atoms with Gasteiger partial charge in [0.2, 0.25) is 0 Å². The molecular formula is C22H27ClN2O4. The predicted octanol–water partition coefficient (Wildman–Crippen LogP) is 3.74. The monoisotopic (exact) mass is 418 g/mol. The number of nitrogens with one attached hydrogen (secondary N) is 1. The second-order valence-corrected chi connectivity index (χ2v) is 7.70. The molecule has 29 heavy (non-hydrogen) atoms. The highest BCUT2D eigenvalue weighted by Gasteiger charge is 2.22. The Balaban J connectivity index is 1.84. The minimum atomic E-state index is -0.286. The molecule has 0 radical (unpaired) electrons. The van der Waals surface area contributed by atoms with Crippen molar-refractivity contribution in [2.24, 2.45) is 0 Å². The Kier molecular flexibility index (Phi) is 7.00. The number of carbonyl (C=O) groups excluding carboxylic acids is 1. The van der Waals surface area contributed by atoms with E-state index in [-0.39, 0.29) is 18.6 Å². The fourth-order valence-corrected chi connectivity index (χ4v) is 3.74. The van der Waals surface area contributed by atoms with E-state index in [1.54, 1.807) is 12.1 Å². The van der Waals surface area contributed by atoms with Crippen LogP contribution >= 0.6 is 11.6 Å². The van der Waals surface area contributed by atoms with Crippen LogP contribution in [0.4, 0.5) is 5.69 Å². The molecule has 0 fully saturated rings. The first kappa shape index (κ1) is 21.4. The quantitative estimate of drug-likeness (QED) is 0.716. The molecule has 7 heteroatoms. The van der Waals surface area contributed by atoms with Gasteiger partial charge in [0, 0.05) is 31.4 Å². The number of carbonyl (C=O) groups is 1. The molecule has 1 aliphatic rings. The summed E-state index contributed by atoms with van der Waals surface area (Å²) >= 11 is 6.32. The Bertz CT molecular complexity index is 885. The van der Waals surface area contributed by atoms with Gasteiger partial charge in [0.1, 0.15) is 11.5 Å². The van der Waals surface area contributed by atoms with Crippen molar-refractivity contribution in [3.05, 3.63) is 52.0 Å². The first-order valence-electron chi connectivity index (χ1n) is 9.72. The summed E-state index contributed by atoms with van der Waals surface area (Å²) in [6.45, 7) is 6.21. The highest BCUT2D eigenvalue weighted by molar-refractivity contribution is 6.32. The number of halogens is 1. The third kappa shape index (κ3) is 5.01. The SMILES string of the molecule is COc1cc(OC(C)C)c(Cl)cc1C(=O)Nc1cccc2c1CCN(CCO)C2. The van der Waals surface area contributed by atoms with E-state index < -0.39 is 0 Å². The van der Waals surface area contributed by atoms with Gasteiger partial charge in [0.15, 0.2) is 0 Å². The van der Waals surface area contributed by atoms with Crippen LogP contribution in [0.2, 0.25) is 5.02 Å². The molecule has 1 aliphatic heterocycles. The highest BCUT2D eigenvalue weighted by atomic mass is 35.5. The van der Waals surface area contributed by atoms with E-state index in [2.05, 4.69) is 16.3 Å². The molecule has 3 rings (SSSR count). The summed E-state index contributed by atoms with van der Waals surface area (Å²) in [5, 5.41) is 12.5. The van der Waals surface area contributed by atoms with Crippen molar-refractivity contribution < 1.29 is 19.4 Å². The number of rotatable bonds is 7. The molecule has 2 aromatic carbocycles. The number of anilines is 1. The lowest BCUT2D eigenvalue weighted by Gasteiger charge is -2.29. The third-order valence-corrected chi connectivity index (χ3v) is 5.17. The first-order chi connectivity index (χ1) is 13.9. The molecule has 2 aromatic rings. The lowest BCUT2D eigenvalue weighted by Crippen LogP contribution is -2.33. The van der Waals surface area contributed by atoms with Gasteiger partial charge in [-0.2, -0.15) is 0 Å². The Morgan fingerprint density at radius 1 is 1.31 bits per heavy atom. The normalized spacial score (nSPS) is 13.9. The second-order valence-electron chi connectivity index (χ2n) is 7.30. The van der Waals surface area contributed by atoms with Gasteiger partial charge in [-0.05, 0) is 43.5 Å². The van der Waals surface area contributed by atoms with Crippen LogP contribution in [0.1, 0.15) is 35.3 Å². The fraction of sp³-hybridized carbons (Fsp3) is 0.409. The Hall–Kier alpha value is -2.28. The van der Waals surface area contributed by atoms with Crippen molar-refractivity contribution in [3.63, 3.8) is 0 Å². The van der Waals surface area contributed by atoms with Crippen molar-refractivity contribution in [1.29, 1.82) is 0 Å². The number of benzene rings is 2. The molecule has 156 valence electrons. The van der Waals surface area contributed by atoms with E-state index in [1.807, 2.05) is 26.0 Å². The summed E-state index contributed by atoms with van der Waals surface area (Å²) < 4.78 is 11.1. The molecule has 0 aromatic heterocycles. The fourth-order valence-electron chi connectivity index (χ4n) is 3.53. The van der Waals surface area contributed by atoms with E-state index in [0.717, 1.165) is 36.3 Å². The van der Waals surface area contributed by atoms with Crippen molar-refractivity contribution in [2.75, 3.05) is 32.1 Å². The van der Waals surface area contributed by atoms with E-state index in [4.69, 9.17) is 21.1 Å². The zero-order chi connectivity index (χ0) is 21.0. The smallest absolute Gasteiger partial charge is 0.259 e. The molecule has 0 bridgehead atoms. The number of hydrogen-bond donors (Lipinski definition) is 2. The maximum atomic E-state index is 13.0. The number of β-amino-alcohol motifs (C(OH)–C–C–N with tert-alkyl or cyclic N) is 1. The highest BCUT2D eigenvalue weighted by Crippen LogP contribution is 2.34. The van der Waals surface area contributed by atoms with Crippen LogP contribution in [0.3, 0.4) is 0 Å². The lowest BCUT2D eigenvalue weighted by atomic mass is 9.97. The molecule has 0 saturated carbocycles. The molecule has 0 spiro atoms. The average Bonchev–Trinajstić information content (AvgIpc) is 2.69. The van der Waals surface area contributed by atoms with Crippen molar-refractivity contribution in [2.45, 2.75) is 32.9 Å². The zero-order valence-electron chi connectivity index (χ0n) is 17.0. The summed E-state index contributed by atoms with van der Waals surface area (Å²) in [5.74, 6) is 0.601. The van der Waals surface area contributed by atoms with Crippen LogP contribution in [0.25, 0.3) is 0 Å². The van der Waals surface area contributed by atoms with Gasteiger partial charge in [-0.3, -0.25) is 9.69 Å². The molecule has 2 N–H and O–H groups in total. The third-order valence-electron chi connectivity index (χ3n) is 4.87. The number of fused-ring (bicyclic) bond motifs is 1. The number of nitrogens with zero attached hydrogens (tertiary/aromatic N) is 1. The zero-order valence-corrected chi connectivity index (χ0v) is 17.8. The second kappa shape index (κ2) is 9.48. The van der Waals surface area contributed by atoms with Crippen molar-refractivity contribution >= 4 is 23.2 Å². The number of ether oxygens (including phenoxy) is 2. The van der Waals surface area contributed by atoms with Crippen LogP contribution in [-0.4, -0.2) is 48.8 Å². The Labute approximate surface area is 176 Å². The summed E-state index contributed by atoms with van der Waals surface area (Å²) in [6.07, 6.45) is 0.767. The van der Waals surface area contributed by atoms with Crippen LogP contribution in [0.5, 0.6) is 11.5 Å². The molecule has 0 unspecified atom stereocenters. The minimum Gasteiger partial charge on any atom is -0.496 e. The molecule has 6 nitrogen and oxygen atoms in total. The van der Waals surface area contributed by atoms with Crippen LogP contribution in [-0.2, 0) is 13.0 Å².